The van der Waals surface area contributed by atoms with Crippen molar-refractivity contribution in [3.63, 3.8) is 0 Å². The molecule has 3 rings (SSSR count). The molecule has 2 aromatic carbocycles. The van der Waals surface area contributed by atoms with Crippen LogP contribution in [0.1, 0.15) is 23.0 Å². The first-order chi connectivity index (χ1) is 14.9. The molecule has 0 bridgehead atoms. The predicted octanol–water partition coefficient (Wildman–Crippen LogP) is 4.28. The number of hydrogen-bond acceptors (Lipinski definition) is 6. The number of halogens is 1. The van der Waals surface area contributed by atoms with Gasteiger partial charge >= 0.3 is 12.0 Å². The molecule has 8 nitrogen and oxygen atoms in total. The van der Waals surface area contributed by atoms with E-state index in [-0.39, 0.29) is 18.9 Å². The summed E-state index contributed by atoms with van der Waals surface area (Å²) in [6.07, 6.45) is 0.0113. The van der Waals surface area contributed by atoms with Crippen LogP contribution in [0.15, 0.2) is 53.9 Å². The van der Waals surface area contributed by atoms with Gasteiger partial charge in [0, 0.05) is 16.8 Å². The summed E-state index contributed by atoms with van der Waals surface area (Å²) in [5.74, 6) is -1.12. The van der Waals surface area contributed by atoms with Gasteiger partial charge in [-0.25, -0.2) is 19.0 Å². The van der Waals surface area contributed by atoms with E-state index in [0.717, 1.165) is 0 Å². The fourth-order valence-electron chi connectivity index (χ4n) is 2.51. The number of nitrogens with one attached hydrogen (secondary N) is 3. The zero-order valence-corrected chi connectivity index (χ0v) is 17.3. The van der Waals surface area contributed by atoms with Crippen molar-refractivity contribution < 1.29 is 23.5 Å². The first-order valence-corrected chi connectivity index (χ1v) is 10.2. The Balaban J connectivity index is 1.49. The quantitative estimate of drug-likeness (QED) is 0.473. The van der Waals surface area contributed by atoms with E-state index in [2.05, 4.69) is 20.9 Å². The molecule has 0 fully saturated rings. The normalized spacial score (nSPS) is 10.3. The SMILES string of the molecule is CCOC(=O)c1ccc(NC(=O)Cc2csc(NC(=O)Nc3ccc(F)cc3)n2)cc1. The van der Waals surface area contributed by atoms with Crippen LogP contribution in [0.2, 0.25) is 0 Å². The molecule has 0 aliphatic heterocycles. The molecule has 3 amide bonds. The summed E-state index contributed by atoms with van der Waals surface area (Å²) < 4.78 is 17.8. The van der Waals surface area contributed by atoms with Gasteiger partial charge in [-0.2, -0.15) is 0 Å². The Morgan fingerprint density at radius 2 is 1.61 bits per heavy atom. The van der Waals surface area contributed by atoms with E-state index in [0.29, 0.717) is 27.8 Å². The smallest absolute Gasteiger partial charge is 0.338 e. The number of nitrogens with zero attached hydrogens (tertiary/aromatic N) is 1. The highest BCUT2D eigenvalue weighted by Gasteiger charge is 2.11. The number of carbonyl (C=O) groups is 3. The van der Waals surface area contributed by atoms with Crippen molar-refractivity contribution in [1.82, 2.24) is 4.98 Å². The van der Waals surface area contributed by atoms with Crippen molar-refractivity contribution in [1.29, 1.82) is 0 Å². The zero-order valence-electron chi connectivity index (χ0n) is 16.5. The highest BCUT2D eigenvalue weighted by Crippen LogP contribution is 2.18. The molecule has 0 spiro atoms. The van der Waals surface area contributed by atoms with E-state index >= 15 is 0 Å². The maximum Gasteiger partial charge on any atom is 0.338 e. The number of benzene rings is 2. The van der Waals surface area contributed by atoms with Crippen LogP contribution in [0.25, 0.3) is 0 Å². The Hall–Kier alpha value is -3.79. The second kappa shape index (κ2) is 10.3. The van der Waals surface area contributed by atoms with Gasteiger partial charge in [0.2, 0.25) is 5.91 Å². The Bertz CT molecular complexity index is 1070. The van der Waals surface area contributed by atoms with Gasteiger partial charge in [0.1, 0.15) is 5.82 Å². The highest BCUT2D eigenvalue weighted by atomic mass is 32.1. The summed E-state index contributed by atoms with van der Waals surface area (Å²) in [4.78, 5) is 40.1. The number of anilines is 3. The minimum absolute atomic E-state index is 0.0113. The summed E-state index contributed by atoms with van der Waals surface area (Å²) in [6, 6.07) is 11.2. The van der Waals surface area contributed by atoms with Crippen LogP contribution >= 0.6 is 11.3 Å². The van der Waals surface area contributed by atoms with Crippen molar-refractivity contribution in [3.8, 4) is 0 Å². The molecule has 0 aliphatic carbocycles. The van der Waals surface area contributed by atoms with Crippen LogP contribution in [-0.4, -0.2) is 29.5 Å². The molecular weight excluding hydrogens is 423 g/mol. The Morgan fingerprint density at radius 1 is 0.968 bits per heavy atom. The Kier molecular flexibility index (Phi) is 7.28. The van der Waals surface area contributed by atoms with Gasteiger partial charge in [-0.15, -0.1) is 11.3 Å². The van der Waals surface area contributed by atoms with E-state index in [9.17, 15) is 18.8 Å². The van der Waals surface area contributed by atoms with Gasteiger partial charge in [-0.3, -0.25) is 10.1 Å². The van der Waals surface area contributed by atoms with Gasteiger partial charge in [-0.1, -0.05) is 0 Å². The van der Waals surface area contributed by atoms with Gasteiger partial charge in [-0.05, 0) is 55.5 Å². The van der Waals surface area contributed by atoms with Crippen LogP contribution < -0.4 is 16.0 Å². The number of ether oxygens (including phenoxy) is 1. The summed E-state index contributed by atoms with van der Waals surface area (Å²) >= 11 is 1.17. The maximum absolute atomic E-state index is 12.9. The predicted molar refractivity (Wildman–Crippen MR) is 116 cm³/mol. The van der Waals surface area contributed by atoms with E-state index < -0.39 is 17.8 Å². The molecule has 160 valence electrons. The number of aromatic nitrogens is 1. The first kappa shape index (κ1) is 21.9. The number of hydrogen-bond donors (Lipinski definition) is 3. The molecule has 0 radical (unpaired) electrons. The Morgan fingerprint density at radius 3 is 2.29 bits per heavy atom. The minimum Gasteiger partial charge on any atom is -0.462 e. The first-order valence-electron chi connectivity index (χ1n) is 9.28. The molecule has 10 heteroatoms. The highest BCUT2D eigenvalue weighted by molar-refractivity contribution is 7.14. The lowest BCUT2D eigenvalue weighted by molar-refractivity contribution is -0.115. The van der Waals surface area contributed by atoms with Crippen molar-refractivity contribution in [2.75, 3.05) is 22.6 Å². The standard InChI is InChI=1S/C21H19FN4O4S/c1-2-30-19(28)13-3-7-15(8-4-13)23-18(27)11-17-12-31-21(25-17)26-20(29)24-16-9-5-14(22)6-10-16/h3-10,12H,2,11H2,1H3,(H,23,27)(H2,24,25,26,29). The van der Waals surface area contributed by atoms with Crippen LogP contribution in [0.4, 0.5) is 25.7 Å². The molecule has 1 heterocycles. The summed E-state index contributed by atoms with van der Waals surface area (Å²) in [5, 5.41) is 9.83. The van der Waals surface area contributed by atoms with Crippen molar-refractivity contribution in [2.24, 2.45) is 0 Å². The number of esters is 1. The average Bonchev–Trinajstić information content (AvgIpc) is 3.16. The topological polar surface area (TPSA) is 109 Å². The van der Waals surface area contributed by atoms with Crippen LogP contribution in [-0.2, 0) is 16.0 Å². The number of rotatable bonds is 7. The van der Waals surface area contributed by atoms with E-state index in [1.54, 1.807) is 36.6 Å². The molecule has 1 aromatic heterocycles. The molecule has 31 heavy (non-hydrogen) atoms. The summed E-state index contributed by atoms with van der Waals surface area (Å²) in [5.41, 5.74) is 1.85. The van der Waals surface area contributed by atoms with E-state index in [4.69, 9.17) is 4.74 Å². The number of thiazole rings is 1. The van der Waals surface area contributed by atoms with Gasteiger partial charge in [0.25, 0.3) is 0 Å². The third-order valence-electron chi connectivity index (χ3n) is 3.90. The third kappa shape index (κ3) is 6.61. The number of amides is 3. The Labute approximate surface area is 181 Å². The lowest BCUT2D eigenvalue weighted by atomic mass is 10.2. The van der Waals surface area contributed by atoms with Gasteiger partial charge in [0.05, 0.1) is 24.3 Å². The van der Waals surface area contributed by atoms with Gasteiger partial charge < -0.3 is 15.4 Å². The summed E-state index contributed by atoms with van der Waals surface area (Å²) in [7, 11) is 0. The minimum atomic E-state index is -0.529. The fraction of sp³-hybridized carbons (Fsp3) is 0.143. The molecule has 0 unspecified atom stereocenters. The molecule has 0 saturated heterocycles. The number of urea groups is 1. The second-order valence-electron chi connectivity index (χ2n) is 6.25. The van der Waals surface area contributed by atoms with Crippen LogP contribution in [0.5, 0.6) is 0 Å². The maximum atomic E-state index is 12.9. The molecule has 3 N–H and O–H groups in total. The van der Waals surface area contributed by atoms with E-state index in [1.165, 1.54) is 35.6 Å². The molecule has 0 atom stereocenters. The monoisotopic (exact) mass is 442 g/mol. The zero-order chi connectivity index (χ0) is 22.2. The number of carbonyl (C=O) groups excluding carboxylic acids is 3. The summed E-state index contributed by atoms with van der Waals surface area (Å²) in [6.45, 7) is 2.01. The molecular formula is C21H19FN4O4S. The van der Waals surface area contributed by atoms with Crippen molar-refractivity contribution in [3.05, 3.63) is 71.0 Å². The largest absolute Gasteiger partial charge is 0.462 e. The van der Waals surface area contributed by atoms with E-state index in [1.807, 2.05) is 0 Å². The van der Waals surface area contributed by atoms with Gasteiger partial charge in [0.15, 0.2) is 5.13 Å². The van der Waals surface area contributed by atoms with Crippen molar-refractivity contribution >= 4 is 45.8 Å². The van der Waals surface area contributed by atoms with Crippen LogP contribution in [0, 0.1) is 5.82 Å². The third-order valence-corrected chi connectivity index (χ3v) is 4.70. The molecule has 0 aliphatic rings. The fourth-order valence-corrected chi connectivity index (χ4v) is 3.22. The average molecular weight is 442 g/mol. The lowest BCUT2D eigenvalue weighted by Gasteiger charge is -2.06. The van der Waals surface area contributed by atoms with Crippen LogP contribution in [0.3, 0.4) is 0 Å². The molecule has 0 saturated carbocycles. The lowest BCUT2D eigenvalue weighted by Crippen LogP contribution is -2.19. The van der Waals surface area contributed by atoms with Crippen molar-refractivity contribution in [2.45, 2.75) is 13.3 Å². The molecule has 3 aromatic rings. The second-order valence-corrected chi connectivity index (χ2v) is 7.11.